The lowest BCUT2D eigenvalue weighted by Gasteiger charge is -2.22. The maximum absolute atomic E-state index is 12.9. The third-order valence-corrected chi connectivity index (χ3v) is 7.43. The van der Waals surface area contributed by atoms with Crippen LogP contribution in [-0.4, -0.2) is 56.3 Å². The van der Waals surface area contributed by atoms with E-state index in [0.29, 0.717) is 11.3 Å². The van der Waals surface area contributed by atoms with Gasteiger partial charge in [0.05, 0.1) is 4.90 Å². The van der Waals surface area contributed by atoms with Crippen molar-refractivity contribution >= 4 is 21.6 Å². The Labute approximate surface area is 178 Å². The van der Waals surface area contributed by atoms with Crippen molar-refractivity contribution in [2.24, 2.45) is 0 Å². The Kier molecular flexibility index (Phi) is 5.84. The van der Waals surface area contributed by atoms with E-state index < -0.39 is 10.0 Å². The molecule has 160 valence electrons. The molecule has 1 aliphatic heterocycles. The summed E-state index contributed by atoms with van der Waals surface area (Å²) in [5.74, 6) is 0.0104. The summed E-state index contributed by atoms with van der Waals surface area (Å²) in [4.78, 5) is 17.5. The van der Waals surface area contributed by atoms with Crippen LogP contribution < -0.4 is 4.72 Å². The number of anilines is 1. The van der Waals surface area contributed by atoms with Gasteiger partial charge in [-0.05, 0) is 80.6 Å². The van der Waals surface area contributed by atoms with Gasteiger partial charge < -0.3 is 4.90 Å². The van der Waals surface area contributed by atoms with Gasteiger partial charge in [-0.2, -0.15) is 0 Å². The van der Waals surface area contributed by atoms with Crippen LogP contribution in [0.5, 0.6) is 0 Å². The van der Waals surface area contributed by atoms with Crippen LogP contribution in [0.25, 0.3) is 0 Å². The molecule has 0 atom stereocenters. The fraction of sp³-hybridized carbons (Fsp3) is 0.435. The van der Waals surface area contributed by atoms with Crippen LogP contribution in [0.15, 0.2) is 47.4 Å². The normalized spacial score (nSPS) is 18.1. The van der Waals surface area contributed by atoms with Crippen molar-refractivity contribution in [2.75, 3.05) is 30.9 Å². The molecular formula is C23H29N3O3S. The minimum Gasteiger partial charge on any atom is -0.337 e. The van der Waals surface area contributed by atoms with E-state index in [-0.39, 0.29) is 10.8 Å². The summed E-state index contributed by atoms with van der Waals surface area (Å²) >= 11 is 0. The number of hydrogen-bond donors (Lipinski definition) is 1. The quantitative estimate of drug-likeness (QED) is 0.794. The van der Waals surface area contributed by atoms with Gasteiger partial charge in [0.1, 0.15) is 0 Å². The van der Waals surface area contributed by atoms with Crippen molar-refractivity contribution in [3.05, 3.63) is 59.2 Å². The zero-order valence-corrected chi connectivity index (χ0v) is 18.4. The van der Waals surface area contributed by atoms with E-state index in [4.69, 9.17) is 0 Å². The van der Waals surface area contributed by atoms with E-state index in [9.17, 15) is 13.2 Å². The third-order valence-electron chi connectivity index (χ3n) is 6.05. The Hall–Kier alpha value is -2.38. The average molecular weight is 428 g/mol. The summed E-state index contributed by atoms with van der Waals surface area (Å²) in [7, 11) is -3.67. The van der Waals surface area contributed by atoms with Crippen LogP contribution >= 0.6 is 0 Å². The Morgan fingerprint density at radius 1 is 0.933 bits per heavy atom. The summed E-state index contributed by atoms with van der Waals surface area (Å²) in [6.45, 7) is 7.35. The lowest BCUT2D eigenvalue weighted by atomic mass is 10.1. The molecular weight excluding hydrogens is 398 g/mol. The summed E-state index contributed by atoms with van der Waals surface area (Å²) in [5.41, 5.74) is 3.01. The highest BCUT2D eigenvalue weighted by atomic mass is 32.2. The number of carbonyl (C=O) groups excluding carboxylic acids is 1. The molecule has 0 bridgehead atoms. The first-order valence-electron chi connectivity index (χ1n) is 10.6. The summed E-state index contributed by atoms with van der Waals surface area (Å²) in [5, 5.41) is 0. The van der Waals surface area contributed by atoms with Gasteiger partial charge in [0.15, 0.2) is 0 Å². The topological polar surface area (TPSA) is 69.7 Å². The molecule has 4 rings (SSSR count). The van der Waals surface area contributed by atoms with Gasteiger partial charge in [0.25, 0.3) is 15.9 Å². The minimum absolute atomic E-state index is 0.0104. The molecule has 1 aliphatic carbocycles. The van der Waals surface area contributed by atoms with E-state index in [1.807, 2.05) is 18.7 Å². The first-order chi connectivity index (χ1) is 14.3. The zero-order valence-electron chi connectivity index (χ0n) is 17.6. The van der Waals surface area contributed by atoms with Crippen LogP contribution in [0.4, 0.5) is 5.69 Å². The maximum atomic E-state index is 12.9. The highest BCUT2D eigenvalue weighted by molar-refractivity contribution is 7.92. The molecule has 2 aromatic rings. The fourth-order valence-electron chi connectivity index (χ4n) is 3.90. The molecule has 0 aromatic heterocycles. The molecule has 6 nitrogen and oxygen atoms in total. The fourth-order valence-corrected chi connectivity index (χ4v) is 5.05. The summed E-state index contributed by atoms with van der Waals surface area (Å²) in [6, 6.07) is 12.5. The van der Waals surface area contributed by atoms with Crippen LogP contribution in [-0.2, 0) is 10.0 Å². The maximum Gasteiger partial charge on any atom is 0.261 e. The predicted molar refractivity (Wildman–Crippen MR) is 118 cm³/mol. The first kappa shape index (κ1) is 20.9. The lowest BCUT2D eigenvalue weighted by molar-refractivity contribution is 0.0761. The van der Waals surface area contributed by atoms with E-state index in [1.54, 1.807) is 42.5 Å². The van der Waals surface area contributed by atoms with Gasteiger partial charge in [-0.3, -0.25) is 14.4 Å². The number of aryl methyl sites for hydroxylation is 2. The minimum atomic E-state index is -3.67. The van der Waals surface area contributed by atoms with Crippen molar-refractivity contribution in [3.8, 4) is 0 Å². The number of benzene rings is 2. The predicted octanol–water partition coefficient (Wildman–Crippen LogP) is 3.41. The first-order valence-corrected chi connectivity index (χ1v) is 12.1. The van der Waals surface area contributed by atoms with Gasteiger partial charge in [-0.1, -0.05) is 6.07 Å². The molecule has 2 fully saturated rings. The Balaban J connectivity index is 1.42. The number of rotatable bonds is 5. The molecule has 1 saturated heterocycles. The average Bonchev–Trinajstić information content (AvgIpc) is 3.56. The number of sulfonamides is 1. The van der Waals surface area contributed by atoms with Crippen molar-refractivity contribution in [1.29, 1.82) is 0 Å². The van der Waals surface area contributed by atoms with Gasteiger partial charge >= 0.3 is 0 Å². The number of hydrogen-bond acceptors (Lipinski definition) is 4. The standard InChI is InChI=1S/C23H29N3O3S/c1-17-4-11-22(16-18(17)2)30(28,29)24-20-7-5-19(6-8-20)23(27)26-13-3-12-25(14-15-26)21-9-10-21/h4-8,11,16,21,24H,3,9-10,12-15H2,1-2H3. The number of nitrogens with zero attached hydrogens (tertiary/aromatic N) is 2. The molecule has 0 radical (unpaired) electrons. The van der Waals surface area contributed by atoms with Gasteiger partial charge in [-0.15, -0.1) is 0 Å². The Morgan fingerprint density at radius 3 is 2.33 bits per heavy atom. The van der Waals surface area contributed by atoms with Crippen molar-refractivity contribution in [3.63, 3.8) is 0 Å². The van der Waals surface area contributed by atoms with E-state index in [1.165, 1.54) is 12.8 Å². The monoisotopic (exact) mass is 427 g/mol. The van der Waals surface area contributed by atoms with Gasteiger partial charge in [0.2, 0.25) is 0 Å². The molecule has 1 amide bonds. The largest absolute Gasteiger partial charge is 0.337 e. The van der Waals surface area contributed by atoms with Crippen LogP contribution in [0.3, 0.4) is 0 Å². The second-order valence-corrected chi connectivity index (χ2v) is 10.0. The molecule has 2 aromatic carbocycles. The summed E-state index contributed by atoms with van der Waals surface area (Å²) < 4.78 is 27.9. The van der Waals surface area contributed by atoms with E-state index >= 15 is 0 Å². The van der Waals surface area contributed by atoms with Gasteiger partial charge in [0, 0.05) is 43.5 Å². The number of amides is 1. The van der Waals surface area contributed by atoms with Crippen LogP contribution in [0.1, 0.15) is 40.7 Å². The zero-order chi connectivity index (χ0) is 21.3. The molecule has 1 heterocycles. The second-order valence-electron chi connectivity index (χ2n) is 8.34. The number of carbonyl (C=O) groups is 1. The Bertz CT molecular complexity index is 1030. The highest BCUT2D eigenvalue weighted by Gasteiger charge is 2.31. The molecule has 1 N–H and O–H groups in total. The smallest absolute Gasteiger partial charge is 0.261 e. The second kappa shape index (κ2) is 8.40. The molecule has 0 unspecified atom stereocenters. The van der Waals surface area contributed by atoms with E-state index in [0.717, 1.165) is 49.8 Å². The molecule has 2 aliphatic rings. The van der Waals surface area contributed by atoms with Crippen LogP contribution in [0, 0.1) is 13.8 Å². The van der Waals surface area contributed by atoms with Crippen molar-refractivity contribution in [2.45, 2.75) is 44.0 Å². The van der Waals surface area contributed by atoms with Gasteiger partial charge in [-0.25, -0.2) is 8.42 Å². The summed E-state index contributed by atoms with van der Waals surface area (Å²) in [6.07, 6.45) is 3.57. The highest BCUT2D eigenvalue weighted by Crippen LogP contribution is 2.27. The van der Waals surface area contributed by atoms with Crippen molar-refractivity contribution in [1.82, 2.24) is 9.80 Å². The molecule has 0 spiro atoms. The Morgan fingerprint density at radius 2 is 1.67 bits per heavy atom. The molecule has 30 heavy (non-hydrogen) atoms. The lowest BCUT2D eigenvalue weighted by Crippen LogP contribution is -2.35. The molecule has 1 saturated carbocycles. The SMILES string of the molecule is Cc1ccc(S(=O)(=O)Nc2ccc(C(=O)N3CCCN(C4CC4)CC3)cc2)cc1C. The van der Waals surface area contributed by atoms with Crippen LogP contribution in [0.2, 0.25) is 0 Å². The van der Waals surface area contributed by atoms with E-state index in [2.05, 4.69) is 9.62 Å². The third kappa shape index (κ3) is 4.68. The molecule has 7 heteroatoms. The van der Waals surface area contributed by atoms with Crippen molar-refractivity contribution < 1.29 is 13.2 Å². The number of nitrogens with one attached hydrogen (secondary N) is 1.